The lowest BCUT2D eigenvalue weighted by Crippen LogP contribution is -2.28. The van der Waals surface area contributed by atoms with E-state index >= 15 is 0 Å². The highest BCUT2D eigenvalue weighted by molar-refractivity contribution is 7.90. The molecule has 0 fully saturated rings. The second kappa shape index (κ2) is 6.00. The van der Waals surface area contributed by atoms with Crippen LogP contribution in [-0.2, 0) is 14.8 Å². The Morgan fingerprint density at radius 3 is 2.41 bits per heavy atom. The van der Waals surface area contributed by atoms with Crippen LogP contribution in [-0.4, -0.2) is 14.3 Å². The van der Waals surface area contributed by atoms with Crippen molar-refractivity contribution < 1.29 is 13.2 Å². The van der Waals surface area contributed by atoms with Gasteiger partial charge in [-0.2, -0.15) is 0 Å². The zero-order valence-electron chi connectivity index (χ0n) is 9.33. The molecule has 0 aromatic heterocycles. The second-order valence-electron chi connectivity index (χ2n) is 3.17. The molecule has 0 radical (unpaired) electrons. The normalized spacial score (nSPS) is 12.1. The number of hydrogen-bond acceptors (Lipinski definition) is 3. The van der Waals surface area contributed by atoms with E-state index < -0.39 is 15.9 Å². The number of rotatable bonds is 4. The van der Waals surface area contributed by atoms with Gasteiger partial charge in [-0.1, -0.05) is 36.4 Å². The number of sulfonamides is 1. The van der Waals surface area contributed by atoms with Crippen LogP contribution in [0, 0.1) is 0 Å². The second-order valence-corrected chi connectivity index (χ2v) is 4.85. The van der Waals surface area contributed by atoms with Gasteiger partial charge in [0.2, 0.25) is 0 Å². The molecule has 1 N–H and O–H groups in total. The molecule has 1 aromatic carbocycles. The van der Waals surface area contributed by atoms with Gasteiger partial charge in [0.25, 0.3) is 15.9 Å². The molecule has 90 valence electrons. The molecule has 4 nitrogen and oxygen atoms in total. The number of nitrogens with one attached hydrogen (secondary N) is 1. The molecular weight excluding hydrogens is 238 g/mol. The Hall–Kier alpha value is -1.88. The van der Waals surface area contributed by atoms with Gasteiger partial charge in [0, 0.05) is 6.08 Å². The van der Waals surface area contributed by atoms with Crippen molar-refractivity contribution in [2.45, 2.75) is 11.8 Å². The summed E-state index contributed by atoms with van der Waals surface area (Å²) in [5.41, 5.74) is 0. The summed E-state index contributed by atoms with van der Waals surface area (Å²) in [6, 6.07) is 7.73. The van der Waals surface area contributed by atoms with E-state index in [1.807, 2.05) is 4.72 Å². The van der Waals surface area contributed by atoms with E-state index in [0.29, 0.717) is 0 Å². The van der Waals surface area contributed by atoms with Crippen LogP contribution in [0.5, 0.6) is 0 Å². The van der Waals surface area contributed by atoms with Gasteiger partial charge in [0.05, 0.1) is 4.90 Å². The van der Waals surface area contributed by atoms with E-state index in [2.05, 4.69) is 0 Å². The molecule has 0 unspecified atom stereocenters. The molecular formula is C12H13NO3S. The molecule has 0 saturated heterocycles. The van der Waals surface area contributed by atoms with Crippen LogP contribution >= 0.6 is 0 Å². The number of amides is 1. The summed E-state index contributed by atoms with van der Waals surface area (Å²) in [5.74, 6) is -0.674. The SMILES string of the molecule is C/C=C/C=C/C(=O)NS(=O)(=O)c1ccccc1. The molecule has 0 aliphatic heterocycles. The summed E-state index contributed by atoms with van der Waals surface area (Å²) in [6.45, 7) is 1.79. The summed E-state index contributed by atoms with van der Waals surface area (Å²) in [7, 11) is -3.77. The third kappa shape index (κ3) is 4.24. The first-order valence-corrected chi connectivity index (χ1v) is 6.46. The predicted molar refractivity (Wildman–Crippen MR) is 65.7 cm³/mol. The van der Waals surface area contributed by atoms with E-state index in [1.165, 1.54) is 18.2 Å². The van der Waals surface area contributed by atoms with Crippen molar-refractivity contribution in [3.63, 3.8) is 0 Å². The molecule has 1 rings (SSSR count). The van der Waals surface area contributed by atoms with E-state index in [4.69, 9.17) is 0 Å². The Balaban J connectivity index is 2.78. The molecule has 0 aliphatic carbocycles. The quantitative estimate of drug-likeness (QED) is 0.653. The zero-order chi connectivity index (χ0) is 12.7. The maximum Gasteiger partial charge on any atom is 0.264 e. The lowest BCUT2D eigenvalue weighted by molar-refractivity contribution is -0.114. The molecule has 0 saturated carbocycles. The third-order valence-electron chi connectivity index (χ3n) is 1.84. The van der Waals surface area contributed by atoms with Gasteiger partial charge >= 0.3 is 0 Å². The first-order valence-electron chi connectivity index (χ1n) is 4.97. The minimum absolute atomic E-state index is 0.0628. The summed E-state index contributed by atoms with van der Waals surface area (Å²) in [5, 5.41) is 0. The average Bonchev–Trinajstić information content (AvgIpc) is 2.30. The van der Waals surface area contributed by atoms with Gasteiger partial charge in [0.1, 0.15) is 0 Å². The molecule has 17 heavy (non-hydrogen) atoms. The van der Waals surface area contributed by atoms with Crippen molar-refractivity contribution in [3.05, 3.63) is 54.6 Å². The van der Waals surface area contributed by atoms with Crippen LogP contribution in [0.1, 0.15) is 6.92 Å². The maximum absolute atomic E-state index is 11.7. The van der Waals surface area contributed by atoms with Crippen molar-refractivity contribution in [2.24, 2.45) is 0 Å². The van der Waals surface area contributed by atoms with Crippen LogP contribution in [0.3, 0.4) is 0 Å². The molecule has 0 atom stereocenters. The number of hydrogen-bond donors (Lipinski definition) is 1. The highest BCUT2D eigenvalue weighted by Crippen LogP contribution is 2.06. The fourth-order valence-corrected chi connectivity index (χ4v) is 2.05. The summed E-state index contributed by atoms with van der Waals surface area (Å²) >= 11 is 0. The molecule has 0 heterocycles. The molecule has 0 bridgehead atoms. The molecule has 1 amide bonds. The highest BCUT2D eigenvalue weighted by Gasteiger charge is 2.14. The standard InChI is InChI=1S/C12H13NO3S/c1-2-3-5-10-12(14)13-17(15,16)11-8-6-4-7-9-11/h2-10H,1H3,(H,13,14)/b3-2+,10-5+. The largest absolute Gasteiger partial charge is 0.269 e. The number of carbonyl (C=O) groups excluding carboxylic acids is 1. The fraction of sp³-hybridized carbons (Fsp3) is 0.0833. The molecule has 5 heteroatoms. The summed E-state index contributed by atoms with van der Waals surface area (Å²) in [4.78, 5) is 11.4. The molecule has 1 aromatic rings. The summed E-state index contributed by atoms with van der Waals surface area (Å²) in [6.07, 6.45) is 5.99. The highest BCUT2D eigenvalue weighted by atomic mass is 32.2. The first-order chi connectivity index (χ1) is 8.06. The average molecular weight is 251 g/mol. The monoisotopic (exact) mass is 251 g/mol. The Bertz CT molecular complexity index is 530. The fourth-order valence-electron chi connectivity index (χ4n) is 1.08. The minimum Gasteiger partial charge on any atom is -0.269 e. The Labute approximate surface area is 101 Å². The Morgan fingerprint density at radius 2 is 1.82 bits per heavy atom. The van der Waals surface area contributed by atoms with Crippen LogP contribution in [0.15, 0.2) is 59.5 Å². The maximum atomic E-state index is 11.7. The zero-order valence-corrected chi connectivity index (χ0v) is 10.1. The number of allylic oxidation sites excluding steroid dienone is 3. The first kappa shape index (κ1) is 13.2. The number of carbonyl (C=O) groups is 1. The Morgan fingerprint density at radius 1 is 1.18 bits per heavy atom. The van der Waals surface area contributed by atoms with Crippen LogP contribution in [0.4, 0.5) is 0 Å². The van der Waals surface area contributed by atoms with Crippen molar-refractivity contribution >= 4 is 15.9 Å². The molecule has 0 spiro atoms. The lowest BCUT2D eigenvalue weighted by Gasteiger charge is -2.03. The minimum atomic E-state index is -3.77. The van der Waals surface area contributed by atoms with Crippen molar-refractivity contribution in [1.82, 2.24) is 4.72 Å². The number of benzene rings is 1. The molecule has 0 aliphatic rings. The van der Waals surface area contributed by atoms with Crippen molar-refractivity contribution in [2.75, 3.05) is 0 Å². The van der Waals surface area contributed by atoms with Crippen molar-refractivity contribution in [1.29, 1.82) is 0 Å². The van der Waals surface area contributed by atoms with Crippen LogP contribution in [0.2, 0.25) is 0 Å². The van der Waals surface area contributed by atoms with E-state index in [1.54, 1.807) is 37.3 Å². The predicted octanol–water partition coefficient (Wildman–Crippen LogP) is 1.62. The lowest BCUT2D eigenvalue weighted by atomic mass is 10.4. The van der Waals surface area contributed by atoms with Gasteiger partial charge in [-0.3, -0.25) is 4.79 Å². The van der Waals surface area contributed by atoms with E-state index in [9.17, 15) is 13.2 Å². The topological polar surface area (TPSA) is 63.2 Å². The van der Waals surface area contributed by atoms with Gasteiger partial charge in [-0.25, -0.2) is 13.1 Å². The Kier molecular flexibility index (Phi) is 4.66. The van der Waals surface area contributed by atoms with E-state index in [-0.39, 0.29) is 4.90 Å². The van der Waals surface area contributed by atoms with Gasteiger partial charge in [-0.05, 0) is 19.1 Å². The van der Waals surface area contributed by atoms with Gasteiger partial charge in [-0.15, -0.1) is 0 Å². The van der Waals surface area contributed by atoms with Gasteiger partial charge in [0.15, 0.2) is 0 Å². The summed E-state index contributed by atoms with van der Waals surface area (Å²) < 4.78 is 25.3. The van der Waals surface area contributed by atoms with E-state index in [0.717, 1.165) is 6.08 Å². The smallest absolute Gasteiger partial charge is 0.264 e. The third-order valence-corrected chi connectivity index (χ3v) is 3.20. The van der Waals surface area contributed by atoms with Crippen LogP contribution < -0.4 is 4.72 Å². The van der Waals surface area contributed by atoms with Gasteiger partial charge < -0.3 is 0 Å². The van der Waals surface area contributed by atoms with Crippen LogP contribution in [0.25, 0.3) is 0 Å². The van der Waals surface area contributed by atoms with Crippen molar-refractivity contribution in [3.8, 4) is 0 Å².